The van der Waals surface area contributed by atoms with Gasteiger partial charge in [-0.15, -0.1) is 11.3 Å². The molecule has 2 aromatic rings. The van der Waals surface area contributed by atoms with Crippen LogP contribution >= 0.6 is 22.9 Å². The fourth-order valence-corrected chi connectivity index (χ4v) is 3.45. The molecule has 1 aliphatic rings. The number of aromatic nitrogens is 1. The minimum atomic E-state index is 0.672. The molecule has 0 aliphatic heterocycles. The highest BCUT2D eigenvalue weighted by Gasteiger charge is 2.14. The highest BCUT2D eigenvalue weighted by atomic mass is 35.5. The van der Waals surface area contributed by atoms with Crippen LogP contribution in [0.2, 0.25) is 5.02 Å². The van der Waals surface area contributed by atoms with Crippen molar-refractivity contribution in [2.45, 2.75) is 25.8 Å². The van der Waals surface area contributed by atoms with E-state index in [1.165, 1.54) is 24.1 Å². The van der Waals surface area contributed by atoms with E-state index >= 15 is 0 Å². The van der Waals surface area contributed by atoms with E-state index in [2.05, 4.69) is 16.4 Å². The normalized spacial score (nSPS) is 13.7. The highest BCUT2D eigenvalue weighted by molar-refractivity contribution is 7.12. The average Bonchev–Trinajstić information content (AvgIpc) is 2.88. The topological polar surface area (TPSA) is 24.9 Å². The fourth-order valence-electron chi connectivity index (χ4n) is 2.14. The van der Waals surface area contributed by atoms with Gasteiger partial charge < -0.3 is 5.32 Å². The van der Waals surface area contributed by atoms with Crippen LogP contribution in [-0.2, 0) is 19.4 Å². The molecule has 1 aliphatic carbocycles. The van der Waals surface area contributed by atoms with E-state index in [0.717, 1.165) is 12.4 Å². The zero-order valence-electron chi connectivity index (χ0n) is 9.37. The van der Waals surface area contributed by atoms with Crippen LogP contribution in [0.4, 0.5) is 5.82 Å². The summed E-state index contributed by atoms with van der Waals surface area (Å²) in [5.41, 5.74) is 1.55. The van der Waals surface area contributed by atoms with Crippen LogP contribution in [0.15, 0.2) is 24.4 Å². The summed E-state index contributed by atoms with van der Waals surface area (Å²) in [5.74, 6) is 0.878. The molecule has 2 nitrogen and oxygen atoms in total. The van der Waals surface area contributed by atoms with Crippen molar-refractivity contribution < 1.29 is 0 Å². The van der Waals surface area contributed by atoms with E-state index in [4.69, 9.17) is 11.6 Å². The Bertz CT molecular complexity index is 497. The van der Waals surface area contributed by atoms with Crippen LogP contribution in [-0.4, -0.2) is 4.98 Å². The smallest absolute Gasteiger partial charge is 0.126 e. The zero-order valence-corrected chi connectivity index (χ0v) is 10.9. The van der Waals surface area contributed by atoms with Gasteiger partial charge in [0.1, 0.15) is 5.82 Å². The quantitative estimate of drug-likeness (QED) is 0.910. The molecule has 0 fully saturated rings. The lowest BCUT2D eigenvalue weighted by Gasteiger charge is -2.03. The van der Waals surface area contributed by atoms with E-state index in [9.17, 15) is 0 Å². The molecule has 0 atom stereocenters. The number of rotatable bonds is 3. The molecule has 0 saturated carbocycles. The van der Waals surface area contributed by atoms with Crippen molar-refractivity contribution >= 4 is 28.8 Å². The van der Waals surface area contributed by atoms with Gasteiger partial charge in [0.15, 0.2) is 0 Å². The lowest BCUT2D eigenvalue weighted by molar-refractivity contribution is 0.913. The number of fused-ring (bicyclic) bond motifs is 1. The van der Waals surface area contributed by atoms with E-state index < -0.39 is 0 Å². The molecule has 0 amide bonds. The molecule has 1 N–H and O–H groups in total. The minimum Gasteiger partial charge on any atom is -0.365 e. The first kappa shape index (κ1) is 11.1. The summed E-state index contributed by atoms with van der Waals surface area (Å²) in [6.07, 6.45) is 5.51. The molecular formula is C13H13ClN2S. The first-order valence-electron chi connectivity index (χ1n) is 5.77. The molecule has 0 aromatic carbocycles. The Morgan fingerprint density at radius 1 is 1.35 bits per heavy atom. The summed E-state index contributed by atoms with van der Waals surface area (Å²) in [6, 6.07) is 6.09. The lowest BCUT2D eigenvalue weighted by Crippen LogP contribution is -1.99. The number of nitrogens with one attached hydrogen (secondary N) is 1. The maximum Gasteiger partial charge on any atom is 0.126 e. The van der Waals surface area contributed by atoms with Crippen molar-refractivity contribution in [3.05, 3.63) is 44.7 Å². The van der Waals surface area contributed by atoms with E-state index in [1.54, 1.807) is 16.6 Å². The third-order valence-electron chi connectivity index (χ3n) is 2.97. The van der Waals surface area contributed by atoms with Gasteiger partial charge in [0.2, 0.25) is 0 Å². The summed E-state index contributed by atoms with van der Waals surface area (Å²) >= 11 is 7.72. The van der Waals surface area contributed by atoms with Gasteiger partial charge in [-0.05, 0) is 43.0 Å². The number of halogens is 1. The maximum absolute atomic E-state index is 5.79. The fraction of sp³-hybridized carbons (Fsp3) is 0.308. The third-order valence-corrected chi connectivity index (χ3v) is 4.43. The van der Waals surface area contributed by atoms with Gasteiger partial charge in [0, 0.05) is 16.0 Å². The molecular weight excluding hydrogens is 252 g/mol. The van der Waals surface area contributed by atoms with Crippen molar-refractivity contribution in [1.29, 1.82) is 0 Å². The molecule has 88 valence electrons. The van der Waals surface area contributed by atoms with Crippen molar-refractivity contribution in [3.8, 4) is 0 Å². The number of aryl methyl sites for hydroxylation is 2. The number of hydrogen-bond donors (Lipinski definition) is 1. The van der Waals surface area contributed by atoms with Crippen LogP contribution in [0.25, 0.3) is 0 Å². The lowest BCUT2D eigenvalue weighted by atomic mass is 10.2. The van der Waals surface area contributed by atoms with Gasteiger partial charge in [0.25, 0.3) is 0 Å². The SMILES string of the molecule is Clc1ccc(NCc2cc3c(s2)CCC3)nc1. The second kappa shape index (κ2) is 4.67. The molecule has 2 heterocycles. The summed E-state index contributed by atoms with van der Waals surface area (Å²) < 4.78 is 0. The maximum atomic E-state index is 5.79. The van der Waals surface area contributed by atoms with Gasteiger partial charge in [-0.3, -0.25) is 0 Å². The van der Waals surface area contributed by atoms with Crippen molar-refractivity contribution in [2.75, 3.05) is 5.32 Å². The van der Waals surface area contributed by atoms with Crippen molar-refractivity contribution in [2.24, 2.45) is 0 Å². The van der Waals surface area contributed by atoms with Crippen LogP contribution in [0, 0.1) is 0 Å². The Balaban J connectivity index is 1.65. The second-order valence-corrected chi connectivity index (χ2v) is 5.89. The minimum absolute atomic E-state index is 0.672. The largest absolute Gasteiger partial charge is 0.365 e. The number of anilines is 1. The molecule has 0 spiro atoms. The Kier molecular flexibility index (Phi) is 3.04. The third kappa shape index (κ3) is 2.45. The summed E-state index contributed by atoms with van der Waals surface area (Å²) in [5, 5.41) is 3.99. The standard InChI is InChI=1S/C13H13ClN2S/c14-10-4-5-13(15-7-10)16-8-11-6-9-2-1-3-12(9)17-11/h4-7H,1-3,8H2,(H,15,16). The van der Waals surface area contributed by atoms with Crippen LogP contribution in [0.3, 0.4) is 0 Å². The molecule has 0 saturated heterocycles. The van der Waals surface area contributed by atoms with Gasteiger partial charge >= 0.3 is 0 Å². The van der Waals surface area contributed by atoms with Gasteiger partial charge in [-0.1, -0.05) is 11.6 Å². The Morgan fingerprint density at radius 2 is 2.29 bits per heavy atom. The summed E-state index contributed by atoms with van der Waals surface area (Å²) in [4.78, 5) is 7.19. The molecule has 0 unspecified atom stereocenters. The van der Waals surface area contributed by atoms with Gasteiger partial charge in [0.05, 0.1) is 11.6 Å². The number of hydrogen-bond acceptors (Lipinski definition) is 3. The molecule has 0 bridgehead atoms. The van der Waals surface area contributed by atoms with Crippen LogP contribution in [0.5, 0.6) is 0 Å². The molecule has 2 aromatic heterocycles. The predicted octanol–water partition coefficient (Wildman–Crippen LogP) is 3.90. The van der Waals surface area contributed by atoms with Gasteiger partial charge in [-0.25, -0.2) is 4.98 Å². The Morgan fingerprint density at radius 3 is 3.06 bits per heavy atom. The van der Waals surface area contributed by atoms with Crippen LogP contribution < -0.4 is 5.32 Å². The zero-order chi connectivity index (χ0) is 11.7. The predicted molar refractivity (Wildman–Crippen MR) is 72.9 cm³/mol. The van der Waals surface area contributed by atoms with Crippen molar-refractivity contribution in [1.82, 2.24) is 4.98 Å². The number of pyridine rings is 1. The Hall–Kier alpha value is -1.06. The monoisotopic (exact) mass is 264 g/mol. The van der Waals surface area contributed by atoms with Gasteiger partial charge in [-0.2, -0.15) is 0 Å². The molecule has 3 rings (SSSR count). The van der Waals surface area contributed by atoms with E-state index in [1.807, 2.05) is 23.5 Å². The number of nitrogens with zero attached hydrogens (tertiary/aromatic N) is 1. The summed E-state index contributed by atoms with van der Waals surface area (Å²) in [7, 11) is 0. The Labute approximate surface area is 110 Å². The number of thiophene rings is 1. The van der Waals surface area contributed by atoms with E-state index in [-0.39, 0.29) is 0 Å². The van der Waals surface area contributed by atoms with Crippen LogP contribution in [0.1, 0.15) is 21.7 Å². The van der Waals surface area contributed by atoms with Crippen molar-refractivity contribution in [3.63, 3.8) is 0 Å². The average molecular weight is 265 g/mol. The first-order chi connectivity index (χ1) is 8.31. The molecule has 0 radical (unpaired) electrons. The summed E-state index contributed by atoms with van der Waals surface area (Å²) in [6.45, 7) is 0.853. The molecule has 17 heavy (non-hydrogen) atoms. The second-order valence-electron chi connectivity index (χ2n) is 4.23. The first-order valence-corrected chi connectivity index (χ1v) is 6.96. The molecule has 4 heteroatoms. The van der Waals surface area contributed by atoms with E-state index in [0.29, 0.717) is 5.02 Å². The highest BCUT2D eigenvalue weighted by Crippen LogP contribution is 2.30.